The average Bonchev–Trinajstić information content (AvgIpc) is 2.85. The van der Waals surface area contributed by atoms with Crippen molar-refractivity contribution >= 4 is 15.9 Å². The molecule has 0 radical (unpaired) electrons. The van der Waals surface area contributed by atoms with E-state index in [9.17, 15) is 0 Å². The Morgan fingerprint density at radius 3 is 2.47 bits per heavy atom. The van der Waals surface area contributed by atoms with Crippen LogP contribution in [0.1, 0.15) is 42.5 Å². The first kappa shape index (κ1) is 14.4. The fourth-order valence-corrected chi connectivity index (χ4v) is 2.74. The van der Waals surface area contributed by atoms with Crippen LogP contribution in [-0.2, 0) is 6.42 Å². The molecule has 0 bridgehead atoms. The lowest BCUT2D eigenvalue weighted by molar-refractivity contribution is 0.530. The van der Waals surface area contributed by atoms with Crippen molar-refractivity contribution in [3.05, 3.63) is 58.0 Å². The minimum absolute atomic E-state index is 0.161. The highest BCUT2D eigenvalue weighted by Crippen LogP contribution is 2.29. The number of benzene rings is 1. The molecule has 0 aliphatic carbocycles. The second kappa shape index (κ2) is 6.92. The molecule has 1 heterocycles. The highest BCUT2D eigenvalue weighted by atomic mass is 79.9. The Morgan fingerprint density at radius 2 is 1.95 bits per heavy atom. The van der Waals surface area contributed by atoms with E-state index in [2.05, 4.69) is 52.4 Å². The molecule has 0 saturated heterocycles. The maximum absolute atomic E-state index is 5.32. The van der Waals surface area contributed by atoms with Crippen molar-refractivity contribution in [3.8, 4) is 0 Å². The first-order chi connectivity index (χ1) is 9.26. The number of rotatable bonds is 6. The summed E-state index contributed by atoms with van der Waals surface area (Å²) in [5.74, 6) is 0. The van der Waals surface area contributed by atoms with Gasteiger partial charge >= 0.3 is 0 Å². The van der Waals surface area contributed by atoms with Crippen LogP contribution in [0.5, 0.6) is 0 Å². The molecule has 0 spiro atoms. The van der Waals surface area contributed by atoms with Gasteiger partial charge in [0.15, 0.2) is 4.67 Å². The number of halogens is 1. The van der Waals surface area contributed by atoms with E-state index in [1.807, 2.05) is 13.1 Å². The Kier molecular flexibility index (Phi) is 5.23. The van der Waals surface area contributed by atoms with E-state index in [1.54, 1.807) is 6.26 Å². The Bertz CT molecular complexity index is 504. The van der Waals surface area contributed by atoms with Gasteiger partial charge in [0, 0.05) is 5.56 Å². The van der Waals surface area contributed by atoms with Gasteiger partial charge in [0.25, 0.3) is 0 Å². The minimum Gasteiger partial charge on any atom is -0.457 e. The van der Waals surface area contributed by atoms with Crippen molar-refractivity contribution in [1.29, 1.82) is 0 Å². The largest absolute Gasteiger partial charge is 0.457 e. The van der Waals surface area contributed by atoms with Gasteiger partial charge in [0.05, 0.1) is 12.3 Å². The summed E-state index contributed by atoms with van der Waals surface area (Å²) >= 11 is 3.45. The fraction of sp³-hybridized carbons (Fsp3) is 0.375. The fourth-order valence-electron chi connectivity index (χ4n) is 2.27. The van der Waals surface area contributed by atoms with Crippen molar-refractivity contribution in [2.45, 2.75) is 32.2 Å². The quantitative estimate of drug-likeness (QED) is 0.834. The summed E-state index contributed by atoms with van der Waals surface area (Å²) in [4.78, 5) is 0. The second-order valence-electron chi connectivity index (χ2n) is 4.72. The highest BCUT2D eigenvalue weighted by molar-refractivity contribution is 9.10. The van der Waals surface area contributed by atoms with E-state index in [-0.39, 0.29) is 6.04 Å². The molecule has 0 fully saturated rings. The monoisotopic (exact) mass is 321 g/mol. The summed E-state index contributed by atoms with van der Waals surface area (Å²) in [7, 11) is 1.97. The van der Waals surface area contributed by atoms with Gasteiger partial charge in [-0.3, -0.25) is 0 Å². The first-order valence-electron chi connectivity index (χ1n) is 6.75. The minimum atomic E-state index is 0.161. The highest BCUT2D eigenvalue weighted by Gasteiger charge is 2.16. The molecule has 3 heteroatoms. The zero-order valence-electron chi connectivity index (χ0n) is 11.4. The molecular formula is C16H20BrNO. The van der Waals surface area contributed by atoms with Gasteiger partial charge in [0.1, 0.15) is 0 Å². The third kappa shape index (κ3) is 3.48. The molecule has 19 heavy (non-hydrogen) atoms. The van der Waals surface area contributed by atoms with Gasteiger partial charge in [0.2, 0.25) is 0 Å². The molecule has 1 atom stereocenters. The van der Waals surface area contributed by atoms with Crippen LogP contribution in [0.2, 0.25) is 0 Å². The second-order valence-corrected chi connectivity index (χ2v) is 5.44. The molecule has 1 N–H and O–H groups in total. The van der Waals surface area contributed by atoms with Crippen LogP contribution in [-0.4, -0.2) is 7.05 Å². The average molecular weight is 322 g/mol. The van der Waals surface area contributed by atoms with Gasteiger partial charge < -0.3 is 9.73 Å². The summed E-state index contributed by atoms with van der Waals surface area (Å²) in [6, 6.07) is 11.0. The van der Waals surface area contributed by atoms with Gasteiger partial charge in [-0.15, -0.1) is 0 Å². The van der Waals surface area contributed by atoms with E-state index < -0.39 is 0 Å². The molecule has 0 amide bonds. The third-order valence-electron chi connectivity index (χ3n) is 3.38. The van der Waals surface area contributed by atoms with E-state index in [0.29, 0.717) is 0 Å². The lowest BCUT2D eigenvalue weighted by Gasteiger charge is -2.16. The maximum Gasteiger partial charge on any atom is 0.174 e. The van der Waals surface area contributed by atoms with Crippen molar-refractivity contribution in [2.75, 3.05) is 7.05 Å². The Balaban J connectivity index is 2.18. The van der Waals surface area contributed by atoms with E-state index in [0.717, 1.165) is 16.7 Å². The van der Waals surface area contributed by atoms with Crippen molar-refractivity contribution in [1.82, 2.24) is 5.32 Å². The molecule has 0 saturated carbocycles. The number of furan rings is 1. The Morgan fingerprint density at radius 1 is 1.21 bits per heavy atom. The summed E-state index contributed by atoms with van der Waals surface area (Å²) in [5, 5.41) is 3.33. The van der Waals surface area contributed by atoms with Crippen LogP contribution in [0.3, 0.4) is 0 Å². The summed E-state index contributed by atoms with van der Waals surface area (Å²) in [6.45, 7) is 2.22. The molecule has 1 aromatic heterocycles. The lowest BCUT2D eigenvalue weighted by atomic mass is 9.99. The predicted octanol–water partition coefficient (Wildman–Crippen LogP) is 4.69. The smallest absolute Gasteiger partial charge is 0.174 e. The van der Waals surface area contributed by atoms with Gasteiger partial charge in [-0.05, 0) is 53.0 Å². The molecule has 0 aliphatic rings. The molecular weight excluding hydrogens is 302 g/mol. The zero-order valence-corrected chi connectivity index (χ0v) is 13.0. The normalized spacial score (nSPS) is 12.6. The summed E-state index contributed by atoms with van der Waals surface area (Å²) in [6.07, 6.45) is 5.36. The maximum atomic E-state index is 5.32. The van der Waals surface area contributed by atoms with Crippen molar-refractivity contribution < 1.29 is 4.42 Å². The third-order valence-corrected chi connectivity index (χ3v) is 4.02. The molecule has 2 aromatic rings. The van der Waals surface area contributed by atoms with Crippen LogP contribution < -0.4 is 5.32 Å². The van der Waals surface area contributed by atoms with Crippen LogP contribution in [0.4, 0.5) is 0 Å². The molecule has 2 nitrogen and oxygen atoms in total. The van der Waals surface area contributed by atoms with Gasteiger partial charge in [-0.1, -0.05) is 37.6 Å². The lowest BCUT2D eigenvalue weighted by Crippen LogP contribution is -2.17. The first-order valence-corrected chi connectivity index (χ1v) is 7.54. The molecule has 2 rings (SSSR count). The van der Waals surface area contributed by atoms with Crippen LogP contribution in [0.25, 0.3) is 0 Å². The van der Waals surface area contributed by atoms with Crippen LogP contribution >= 0.6 is 15.9 Å². The van der Waals surface area contributed by atoms with Gasteiger partial charge in [-0.25, -0.2) is 0 Å². The van der Waals surface area contributed by atoms with E-state index >= 15 is 0 Å². The Labute approximate surface area is 123 Å². The molecule has 102 valence electrons. The molecule has 1 unspecified atom stereocenters. The molecule has 1 aromatic carbocycles. The number of nitrogens with one attached hydrogen (secondary N) is 1. The summed E-state index contributed by atoms with van der Waals surface area (Å²) in [5.41, 5.74) is 3.79. The number of unbranched alkanes of at least 4 members (excludes halogenated alkanes) is 1. The van der Waals surface area contributed by atoms with E-state index in [1.165, 1.54) is 24.0 Å². The van der Waals surface area contributed by atoms with Gasteiger partial charge in [-0.2, -0.15) is 0 Å². The molecule has 0 aliphatic heterocycles. The number of hydrogen-bond donors (Lipinski definition) is 1. The number of aryl methyl sites for hydroxylation is 1. The SMILES string of the molecule is CCCCc1ccc(C(NC)c2ccoc2Br)cc1. The zero-order chi connectivity index (χ0) is 13.7. The predicted molar refractivity (Wildman–Crippen MR) is 82.4 cm³/mol. The van der Waals surface area contributed by atoms with E-state index in [4.69, 9.17) is 4.42 Å². The number of hydrogen-bond acceptors (Lipinski definition) is 2. The van der Waals surface area contributed by atoms with Crippen molar-refractivity contribution in [3.63, 3.8) is 0 Å². The van der Waals surface area contributed by atoms with Crippen LogP contribution in [0.15, 0.2) is 45.7 Å². The Hall–Kier alpha value is -1.06. The van der Waals surface area contributed by atoms with Crippen LogP contribution in [0, 0.1) is 0 Å². The van der Waals surface area contributed by atoms with Crippen molar-refractivity contribution in [2.24, 2.45) is 0 Å². The summed E-state index contributed by atoms with van der Waals surface area (Å²) < 4.78 is 6.12. The topological polar surface area (TPSA) is 25.2 Å². The standard InChI is InChI=1S/C16H20BrNO/c1-3-4-5-12-6-8-13(9-7-12)15(18-2)14-10-11-19-16(14)17/h6-11,15,18H,3-5H2,1-2H3.